The minimum atomic E-state index is -0.336. The molecule has 1 aliphatic rings. The van der Waals surface area contributed by atoms with Crippen molar-refractivity contribution in [2.75, 3.05) is 17.2 Å². The van der Waals surface area contributed by atoms with Gasteiger partial charge in [-0.1, -0.05) is 11.8 Å². The van der Waals surface area contributed by atoms with Crippen LogP contribution >= 0.6 is 23.1 Å². The Labute approximate surface area is 170 Å². The van der Waals surface area contributed by atoms with Gasteiger partial charge in [0.15, 0.2) is 5.16 Å². The molecule has 1 aromatic carbocycles. The smallest absolute Gasteiger partial charge is 0.262 e. The number of fused-ring (bicyclic) bond motifs is 3. The first kappa shape index (κ1) is 19.1. The lowest BCUT2D eigenvalue weighted by molar-refractivity contribution is -0.116. The van der Waals surface area contributed by atoms with Gasteiger partial charge in [0, 0.05) is 24.2 Å². The highest BCUT2D eigenvalue weighted by Gasteiger charge is 2.23. The van der Waals surface area contributed by atoms with Crippen molar-refractivity contribution in [3.8, 4) is 0 Å². The van der Waals surface area contributed by atoms with Crippen LogP contribution in [-0.4, -0.2) is 27.8 Å². The van der Waals surface area contributed by atoms with Crippen LogP contribution in [0.2, 0.25) is 0 Å². The van der Waals surface area contributed by atoms with E-state index in [2.05, 4.69) is 4.98 Å². The number of hydrogen-bond acceptors (Lipinski definition) is 5. The number of thioether (sulfide) groups is 1. The van der Waals surface area contributed by atoms with Crippen LogP contribution in [0.15, 0.2) is 34.2 Å². The molecule has 2 heterocycles. The van der Waals surface area contributed by atoms with E-state index in [1.807, 2.05) is 6.92 Å². The van der Waals surface area contributed by atoms with Gasteiger partial charge in [-0.25, -0.2) is 9.37 Å². The molecule has 2 aromatic heterocycles. The Bertz CT molecular complexity index is 1110. The fourth-order valence-corrected chi connectivity index (χ4v) is 5.71. The summed E-state index contributed by atoms with van der Waals surface area (Å²) >= 11 is 2.86. The maximum absolute atomic E-state index is 13.1. The van der Waals surface area contributed by atoms with Crippen molar-refractivity contribution >= 4 is 44.9 Å². The van der Waals surface area contributed by atoms with Crippen LogP contribution in [0, 0.1) is 5.82 Å². The molecule has 1 amide bonds. The predicted molar refractivity (Wildman–Crippen MR) is 112 cm³/mol. The monoisotopic (exact) mass is 417 g/mol. The van der Waals surface area contributed by atoms with Crippen molar-refractivity contribution in [3.63, 3.8) is 0 Å². The van der Waals surface area contributed by atoms with Crippen LogP contribution in [0.1, 0.15) is 23.8 Å². The lowest BCUT2D eigenvalue weighted by Gasteiger charge is -2.21. The molecule has 0 bridgehead atoms. The number of benzene rings is 1. The van der Waals surface area contributed by atoms with Crippen LogP contribution in [0.5, 0.6) is 0 Å². The summed E-state index contributed by atoms with van der Waals surface area (Å²) in [6.45, 7) is 2.35. The van der Waals surface area contributed by atoms with Crippen molar-refractivity contribution in [2.24, 2.45) is 7.05 Å². The highest BCUT2D eigenvalue weighted by atomic mass is 32.2. The molecule has 0 saturated heterocycles. The number of hydrogen-bond donors (Lipinski definition) is 0. The Morgan fingerprint density at radius 1 is 1.32 bits per heavy atom. The third kappa shape index (κ3) is 3.35. The van der Waals surface area contributed by atoms with Crippen molar-refractivity contribution < 1.29 is 9.18 Å². The number of thiophene rings is 1. The number of carbonyl (C=O) groups is 1. The lowest BCUT2D eigenvalue weighted by atomic mass is 10.2. The SMILES string of the molecule is CCN(C(=O)CSc1nc2sc3c(c2c(=O)n1C)CCC3)c1ccc(F)cc1. The molecule has 0 fully saturated rings. The average Bonchev–Trinajstić information content (AvgIpc) is 3.26. The first-order valence-corrected chi connectivity index (χ1v) is 11.0. The number of aromatic nitrogens is 2. The number of nitrogens with zero attached hydrogens (tertiary/aromatic N) is 3. The first-order valence-electron chi connectivity index (χ1n) is 9.19. The summed E-state index contributed by atoms with van der Waals surface area (Å²) in [4.78, 5) is 33.9. The molecule has 28 heavy (non-hydrogen) atoms. The maximum atomic E-state index is 13.1. The Hall–Kier alpha value is -2.19. The van der Waals surface area contributed by atoms with Crippen molar-refractivity contribution in [1.29, 1.82) is 0 Å². The van der Waals surface area contributed by atoms with E-state index in [9.17, 15) is 14.0 Å². The number of aryl methyl sites for hydroxylation is 2. The zero-order valence-electron chi connectivity index (χ0n) is 15.7. The zero-order chi connectivity index (χ0) is 19.8. The van der Waals surface area contributed by atoms with Crippen LogP contribution < -0.4 is 10.5 Å². The Morgan fingerprint density at radius 3 is 2.79 bits per heavy atom. The molecular weight excluding hydrogens is 397 g/mol. The number of anilines is 1. The second-order valence-electron chi connectivity index (χ2n) is 6.70. The van der Waals surface area contributed by atoms with E-state index < -0.39 is 0 Å². The molecule has 0 unspecified atom stereocenters. The van der Waals surface area contributed by atoms with Crippen molar-refractivity contribution in [1.82, 2.24) is 9.55 Å². The van der Waals surface area contributed by atoms with E-state index in [1.54, 1.807) is 40.0 Å². The molecular formula is C20H20FN3O2S2. The molecule has 1 aliphatic carbocycles. The molecule has 8 heteroatoms. The summed E-state index contributed by atoms with van der Waals surface area (Å²) < 4.78 is 14.7. The summed E-state index contributed by atoms with van der Waals surface area (Å²) in [6, 6.07) is 5.87. The third-order valence-corrected chi connectivity index (χ3v) is 7.19. The summed E-state index contributed by atoms with van der Waals surface area (Å²) in [5.41, 5.74) is 1.78. The molecule has 0 N–H and O–H groups in total. The fourth-order valence-electron chi connectivity index (χ4n) is 3.56. The van der Waals surface area contributed by atoms with Gasteiger partial charge in [0.1, 0.15) is 10.6 Å². The highest BCUT2D eigenvalue weighted by Crippen LogP contribution is 2.35. The third-order valence-electron chi connectivity index (χ3n) is 4.99. The fraction of sp³-hybridized carbons (Fsp3) is 0.350. The van der Waals surface area contributed by atoms with Crippen molar-refractivity contribution in [3.05, 3.63) is 50.9 Å². The van der Waals surface area contributed by atoms with Gasteiger partial charge in [-0.3, -0.25) is 14.2 Å². The van der Waals surface area contributed by atoms with Gasteiger partial charge in [0.25, 0.3) is 5.56 Å². The van der Waals surface area contributed by atoms with E-state index in [0.29, 0.717) is 17.4 Å². The standard InChI is InChI=1S/C20H20FN3O2S2/c1-3-24(13-9-7-12(21)8-10-13)16(25)11-27-20-22-18-17(19(26)23(20)2)14-5-4-6-15(14)28-18/h7-10H,3-6,11H2,1-2H3. The minimum absolute atomic E-state index is 0.0368. The largest absolute Gasteiger partial charge is 0.312 e. The molecule has 0 radical (unpaired) electrons. The van der Waals surface area contributed by atoms with Crippen LogP contribution in [0.4, 0.5) is 10.1 Å². The Kier molecular flexibility index (Phi) is 5.25. The van der Waals surface area contributed by atoms with Gasteiger partial charge < -0.3 is 4.90 Å². The van der Waals surface area contributed by atoms with Gasteiger partial charge in [-0.05, 0) is 56.0 Å². The van der Waals surface area contributed by atoms with E-state index in [0.717, 1.165) is 35.0 Å². The number of carbonyl (C=O) groups excluding carboxylic acids is 1. The average molecular weight is 418 g/mol. The number of amides is 1. The first-order chi connectivity index (χ1) is 13.5. The molecule has 0 spiro atoms. The van der Waals surface area contributed by atoms with E-state index >= 15 is 0 Å². The second-order valence-corrected chi connectivity index (χ2v) is 8.73. The van der Waals surface area contributed by atoms with E-state index in [-0.39, 0.29) is 23.0 Å². The summed E-state index contributed by atoms with van der Waals surface area (Å²) in [7, 11) is 1.71. The van der Waals surface area contributed by atoms with Gasteiger partial charge in [-0.15, -0.1) is 11.3 Å². The normalized spacial score (nSPS) is 13.1. The topological polar surface area (TPSA) is 55.2 Å². The van der Waals surface area contributed by atoms with Gasteiger partial charge in [0.05, 0.1) is 11.1 Å². The molecule has 146 valence electrons. The zero-order valence-corrected chi connectivity index (χ0v) is 17.3. The lowest BCUT2D eigenvalue weighted by Crippen LogP contribution is -2.32. The predicted octanol–water partition coefficient (Wildman–Crippen LogP) is 3.77. The maximum Gasteiger partial charge on any atom is 0.262 e. The number of rotatable bonds is 5. The summed E-state index contributed by atoms with van der Waals surface area (Å²) in [6.07, 6.45) is 3.06. The Morgan fingerprint density at radius 2 is 2.07 bits per heavy atom. The summed E-state index contributed by atoms with van der Waals surface area (Å²) in [5.74, 6) is -0.290. The molecule has 3 aromatic rings. The molecule has 0 saturated carbocycles. The Balaban J connectivity index is 1.56. The molecule has 0 atom stereocenters. The van der Waals surface area contributed by atoms with Gasteiger partial charge in [0.2, 0.25) is 5.91 Å². The van der Waals surface area contributed by atoms with E-state index in [1.165, 1.54) is 28.8 Å². The quantitative estimate of drug-likeness (QED) is 0.468. The van der Waals surface area contributed by atoms with Gasteiger partial charge >= 0.3 is 0 Å². The second kappa shape index (κ2) is 7.67. The van der Waals surface area contributed by atoms with Crippen molar-refractivity contribution in [2.45, 2.75) is 31.3 Å². The molecule has 4 rings (SSSR count). The minimum Gasteiger partial charge on any atom is -0.312 e. The number of halogens is 1. The molecule has 0 aliphatic heterocycles. The van der Waals surface area contributed by atoms with Gasteiger partial charge in [-0.2, -0.15) is 0 Å². The summed E-state index contributed by atoms with van der Waals surface area (Å²) in [5, 5.41) is 1.29. The van der Waals surface area contributed by atoms with Crippen LogP contribution in [-0.2, 0) is 24.7 Å². The molecule has 5 nitrogen and oxygen atoms in total. The van der Waals surface area contributed by atoms with Crippen LogP contribution in [0.25, 0.3) is 10.2 Å². The highest BCUT2D eigenvalue weighted by molar-refractivity contribution is 7.99. The van der Waals surface area contributed by atoms with Crippen LogP contribution in [0.3, 0.4) is 0 Å². The van der Waals surface area contributed by atoms with E-state index in [4.69, 9.17) is 0 Å².